The van der Waals surface area contributed by atoms with E-state index in [0.29, 0.717) is 25.6 Å². The van der Waals surface area contributed by atoms with E-state index in [0.717, 1.165) is 42.8 Å². The monoisotopic (exact) mass is 507 g/mol. The molecule has 0 unspecified atom stereocenters. The Morgan fingerprint density at radius 1 is 1.09 bits per heavy atom. The molecule has 1 saturated heterocycles. The fourth-order valence-electron chi connectivity index (χ4n) is 3.71. The van der Waals surface area contributed by atoms with Crippen LogP contribution in [0.3, 0.4) is 0 Å². The second-order valence-corrected chi connectivity index (χ2v) is 8.80. The molecule has 1 N–H and O–H groups in total. The van der Waals surface area contributed by atoms with E-state index in [1.165, 1.54) is 12.1 Å². The summed E-state index contributed by atoms with van der Waals surface area (Å²) in [4.78, 5) is 17.3. The second kappa shape index (κ2) is 12.8. The van der Waals surface area contributed by atoms with E-state index < -0.39 is 0 Å². The highest BCUT2D eigenvalue weighted by atomic mass is 79.9. The SMILES string of the molecule is Br.CC(C)COc1ccc(CNC(=O)N(Cc2ccc(F)cc2)C2CCN(C)CC2)cc1. The van der Waals surface area contributed by atoms with Gasteiger partial charge in [-0.3, -0.25) is 0 Å². The number of rotatable bonds is 8. The molecule has 2 aromatic carbocycles. The number of piperidine rings is 1. The van der Waals surface area contributed by atoms with E-state index in [1.807, 2.05) is 29.2 Å². The van der Waals surface area contributed by atoms with Gasteiger partial charge in [-0.05, 0) is 74.3 Å². The Labute approximate surface area is 201 Å². The minimum Gasteiger partial charge on any atom is -0.493 e. The topological polar surface area (TPSA) is 44.8 Å². The summed E-state index contributed by atoms with van der Waals surface area (Å²) in [6.45, 7) is 7.78. The molecule has 5 nitrogen and oxygen atoms in total. The first kappa shape index (κ1) is 26.1. The molecule has 2 aromatic rings. The first-order valence-electron chi connectivity index (χ1n) is 11.1. The van der Waals surface area contributed by atoms with Crippen molar-refractivity contribution in [3.05, 3.63) is 65.5 Å². The van der Waals surface area contributed by atoms with Crippen molar-refractivity contribution < 1.29 is 13.9 Å². The Kier molecular flexibility index (Phi) is 10.5. The maximum Gasteiger partial charge on any atom is 0.318 e. The maximum atomic E-state index is 13.3. The van der Waals surface area contributed by atoms with Gasteiger partial charge in [0.15, 0.2) is 0 Å². The number of benzene rings is 2. The predicted octanol–water partition coefficient (Wildman–Crippen LogP) is 5.24. The van der Waals surface area contributed by atoms with Crippen LogP contribution in [-0.2, 0) is 13.1 Å². The summed E-state index contributed by atoms with van der Waals surface area (Å²) in [6.07, 6.45) is 1.88. The predicted molar refractivity (Wildman–Crippen MR) is 132 cm³/mol. The number of amides is 2. The molecule has 176 valence electrons. The summed E-state index contributed by atoms with van der Waals surface area (Å²) in [5, 5.41) is 3.07. The van der Waals surface area contributed by atoms with E-state index in [-0.39, 0.29) is 34.9 Å². The van der Waals surface area contributed by atoms with Crippen LogP contribution in [0.4, 0.5) is 9.18 Å². The lowest BCUT2D eigenvalue weighted by molar-refractivity contribution is 0.127. The Morgan fingerprint density at radius 3 is 2.28 bits per heavy atom. The highest BCUT2D eigenvalue weighted by Gasteiger charge is 2.27. The molecule has 0 saturated carbocycles. The van der Waals surface area contributed by atoms with Crippen molar-refractivity contribution in [3.63, 3.8) is 0 Å². The molecule has 7 heteroatoms. The number of nitrogens with one attached hydrogen (secondary N) is 1. The molecule has 1 aliphatic heterocycles. The third-order valence-corrected chi connectivity index (χ3v) is 5.61. The fraction of sp³-hybridized carbons (Fsp3) is 0.480. The molecule has 0 aliphatic carbocycles. The quantitative estimate of drug-likeness (QED) is 0.530. The minimum atomic E-state index is -0.264. The first-order valence-corrected chi connectivity index (χ1v) is 11.1. The Hall–Kier alpha value is -2.12. The van der Waals surface area contributed by atoms with Gasteiger partial charge < -0.3 is 19.9 Å². The number of hydrogen-bond donors (Lipinski definition) is 1. The van der Waals surface area contributed by atoms with Crippen LogP contribution in [0.5, 0.6) is 5.75 Å². The summed E-state index contributed by atoms with van der Waals surface area (Å²) in [5.74, 6) is 1.05. The van der Waals surface area contributed by atoms with Gasteiger partial charge in [-0.25, -0.2) is 9.18 Å². The van der Waals surface area contributed by atoms with Gasteiger partial charge in [0.2, 0.25) is 0 Å². The largest absolute Gasteiger partial charge is 0.493 e. The number of carbonyl (C=O) groups excluding carboxylic acids is 1. The number of likely N-dealkylation sites (tertiary alicyclic amines) is 1. The number of urea groups is 1. The molecule has 0 radical (unpaired) electrons. The summed E-state index contributed by atoms with van der Waals surface area (Å²) in [6, 6.07) is 14.3. The number of ether oxygens (including phenoxy) is 1. The van der Waals surface area contributed by atoms with Gasteiger partial charge in [0.1, 0.15) is 11.6 Å². The molecule has 0 spiro atoms. The summed E-state index contributed by atoms with van der Waals surface area (Å²) >= 11 is 0. The molecule has 1 heterocycles. The standard InChI is InChI=1S/C25H34FN3O2.BrH/c1-19(2)18-31-24-10-6-20(7-11-24)16-27-25(30)29(23-12-14-28(3)15-13-23)17-21-4-8-22(26)9-5-21;/h4-11,19,23H,12-18H2,1-3H3,(H,27,30);1H. The lowest BCUT2D eigenvalue weighted by Gasteiger charge is -2.37. The van der Waals surface area contributed by atoms with Crippen molar-refractivity contribution in [1.29, 1.82) is 0 Å². The molecule has 1 aliphatic rings. The fourth-order valence-corrected chi connectivity index (χ4v) is 3.71. The summed E-state index contributed by atoms with van der Waals surface area (Å²) in [7, 11) is 2.11. The third-order valence-electron chi connectivity index (χ3n) is 5.61. The number of nitrogens with zero attached hydrogens (tertiary/aromatic N) is 2. The Morgan fingerprint density at radius 2 is 1.69 bits per heavy atom. The van der Waals surface area contributed by atoms with Crippen LogP contribution in [0.25, 0.3) is 0 Å². The van der Waals surface area contributed by atoms with Crippen LogP contribution < -0.4 is 10.1 Å². The minimum absolute atomic E-state index is 0. The van der Waals surface area contributed by atoms with E-state index in [9.17, 15) is 9.18 Å². The van der Waals surface area contributed by atoms with Gasteiger partial charge in [-0.1, -0.05) is 38.1 Å². The molecule has 3 rings (SSSR count). The van der Waals surface area contributed by atoms with Crippen molar-refractivity contribution in [1.82, 2.24) is 15.1 Å². The second-order valence-electron chi connectivity index (χ2n) is 8.80. The van der Waals surface area contributed by atoms with Crippen molar-refractivity contribution in [3.8, 4) is 5.75 Å². The van der Waals surface area contributed by atoms with Gasteiger partial charge in [0.05, 0.1) is 6.61 Å². The zero-order chi connectivity index (χ0) is 22.2. The zero-order valence-corrected chi connectivity index (χ0v) is 20.9. The van der Waals surface area contributed by atoms with E-state index >= 15 is 0 Å². The number of halogens is 2. The number of carbonyl (C=O) groups is 1. The Bertz CT molecular complexity index is 822. The van der Waals surface area contributed by atoms with Gasteiger partial charge in [-0.2, -0.15) is 0 Å². The number of hydrogen-bond acceptors (Lipinski definition) is 3. The van der Waals surface area contributed by atoms with Crippen molar-refractivity contribution in [2.24, 2.45) is 5.92 Å². The average molecular weight is 508 g/mol. The van der Waals surface area contributed by atoms with E-state index in [1.54, 1.807) is 12.1 Å². The van der Waals surface area contributed by atoms with Crippen molar-refractivity contribution in [2.45, 2.75) is 45.8 Å². The zero-order valence-electron chi connectivity index (χ0n) is 19.2. The first-order chi connectivity index (χ1) is 14.9. The van der Waals surface area contributed by atoms with Crippen LogP contribution in [0, 0.1) is 11.7 Å². The molecule has 0 atom stereocenters. The van der Waals surface area contributed by atoms with Crippen LogP contribution in [0.15, 0.2) is 48.5 Å². The van der Waals surface area contributed by atoms with Crippen LogP contribution in [0.1, 0.15) is 37.8 Å². The van der Waals surface area contributed by atoms with Gasteiger partial charge in [-0.15, -0.1) is 17.0 Å². The average Bonchev–Trinajstić information content (AvgIpc) is 2.77. The van der Waals surface area contributed by atoms with Gasteiger partial charge in [0, 0.05) is 19.1 Å². The van der Waals surface area contributed by atoms with Crippen molar-refractivity contribution >= 4 is 23.0 Å². The highest BCUT2D eigenvalue weighted by Crippen LogP contribution is 2.19. The molecule has 0 bridgehead atoms. The maximum absolute atomic E-state index is 13.3. The van der Waals surface area contributed by atoms with Crippen LogP contribution in [-0.4, -0.2) is 48.6 Å². The van der Waals surface area contributed by atoms with Gasteiger partial charge >= 0.3 is 6.03 Å². The van der Waals surface area contributed by atoms with Crippen molar-refractivity contribution in [2.75, 3.05) is 26.7 Å². The lowest BCUT2D eigenvalue weighted by Crippen LogP contribution is -2.49. The van der Waals surface area contributed by atoms with E-state index in [2.05, 4.69) is 31.1 Å². The molecule has 0 aromatic heterocycles. The summed E-state index contributed by atoms with van der Waals surface area (Å²) in [5.41, 5.74) is 1.96. The lowest BCUT2D eigenvalue weighted by atomic mass is 10.0. The molecular formula is C25H35BrFN3O2. The normalized spacial score (nSPS) is 14.7. The van der Waals surface area contributed by atoms with Crippen LogP contribution in [0.2, 0.25) is 0 Å². The summed E-state index contributed by atoms with van der Waals surface area (Å²) < 4.78 is 19.0. The molecule has 1 fully saturated rings. The van der Waals surface area contributed by atoms with E-state index in [4.69, 9.17) is 4.74 Å². The molecule has 32 heavy (non-hydrogen) atoms. The Balaban J connectivity index is 0.00000363. The molecular weight excluding hydrogens is 473 g/mol. The van der Waals surface area contributed by atoms with Crippen LogP contribution >= 0.6 is 17.0 Å². The molecule has 2 amide bonds. The van der Waals surface area contributed by atoms with Gasteiger partial charge in [0.25, 0.3) is 0 Å². The smallest absolute Gasteiger partial charge is 0.318 e. The third kappa shape index (κ3) is 8.10. The highest BCUT2D eigenvalue weighted by molar-refractivity contribution is 8.93.